The van der Waals surface area contributed by atoms with Crippen LogP contribution in [-0.2, 0) is 45.0 Å². The SMILES string of the molecule is N.N.N.N.O=C(O)CN(CCN(CC(=O)O)CC(=O)O)CCN(CC(=O)O)CC(=O)O.[Pt+4]. The third-order valence-electron chi connectivity index (χ3n) is 3.26. The number of aliphatic carboxylic acids is 5. The van der Waals surface area contributed by atoms with Gasteiger partial charge in [0.1, 0.15) is 0 Å². The second-order valence-corrected chi connectivity index (χ2v) is 5.67. The molecule has 0 unspecified atom stereocenters. The Balaban J connectivity index is -0.000000338. The monoisotopic (exact) mass is 656 g/mol. The molecule has 0 aliphatic rings. The summed E-state index contributed by atoms with van der Waals surface area (Å²) in [6, 6.07) is 0. The van der Waals surface area contributed by atoms with Crippen LogP contribution in [0.4, 0.5) is 0 Å². The number of carboxylic acids is 5. The molecule has 0 atom stereocenters. The first-order valence-corrected chi connectivity index (χ1v) is 7.75. The van der Waals surface area contributed by atoms with E-state index in [1.807, 2.05) is 0 Å². The zero-order valence-electron chi connectivity index (χ0n) is 17.6. The van der Waals surface area contributed by atoms with Crippen LogP contribution in [0.25, 0.3) is 0 Å². The van der Waals surface area contributed by atoms with Gasteiger partial charge in [0.05, 0.1) is 32.7 Å². The minimum absolute atomic E-state index is 0. The summed E-state index contributed by atoms with van der Waals surface area (Å²) in [6.45, 7) is -2.74. The van der Waals surface area contributed by atoms with Gasteiger partial charge in [-0.15, -0.1) is 0 Å². The first-order chi connectivity index (χ1) is 12.5. The Morgan fingerprint density at radius 2 is 0.562 bits per heavy atom. The maximum atomic E-state index is 11.0. The summed E-state index contributed by atoms with van der Waals surface area (Å²) in [7, 11) is 0. The van der Waals surface area contributed by atoms with E-state index in [4.69, 9.17) is 25.5 Å². The summed E-state index contributed by atoms with van der Waals surface area (Å²) >= 11 is 0. The molecule has 0 saturated carbocycles. The molecule has 18 heteroatoms. The zero-order chi connectivity index (χ0) is 21.0. The van der Waals surface area contributed by atoms with E-state index in [9.17, 15) is 24.0 Å². The minimum atomic E-state index is -1.24. The van der Waals surface area contributed by atoms with Crippen molar-refractivity contribution < 1.29 is 70.6 Å². The first kappa shape index (κ1) is 43.6. The molecule has 17 N–H and O–H groups in total. The van der Waals surface area contributed by atoms with Crippen LogP contribution >= 0.6 is 0 Å². The average molecular weight is 657 g/mol. The van der Waals surface area contributed by atoms with Crippen LogP contribution in [0.1, 0.15) is 0 Å². The predicted octanol–water partition coefficient (Wildman–Crippen LogP) is -2.04. The smallest absolute Gasteiger partial charge is 0.480 e. The average Bonchev–Trinajstić information content (AvgIpc) is 2.46. The van der Waals surface area contributed by atoms with Crippen molar-refractivity contribution >= 4 is 29.8 Å². The molecule has 0 amide bonds. The number of carboxylic acid groups (broad SMARTS) is 5. The van der Waals surface area contributed by atoms with Crippen molar-refractivity contribution in [2.45, 2.75) is 0 Å². The van der Waals surface area contributed by atoms with Crippen LogP contribution < -0.4 is 24.6 Å². The van der Waals surface area contributed by atoms with Crippen molar-refractivity contribution in [2.75, 3.05) is 58.9 Å². The molecule has 0 heterocycles. The molecule has 32 heavy (non-hydrogen) atoms. The van der Waals surface area contributed by atoms with E-state index >= 15 is 0 Å². The van der Waals surface area contributed by atoms with Gasteiger partial charge < -0.3 is 50.1 Å². The fourth-order valence-electron chi connectivity index (χ4n) is 2.22. The van der Waals surface area contributed by atoms with Gasteiger partial charge in [-0.3, -0.25) is 38.7 Å². The third kappa shape index (κ3) is 25.8. The molecule has 0 aliphatic heterocycles. The van der Waals surface area contributed by atoms with E-state index in [1.165, 1.54) is 4.90 Å². The van der Waals surface area contributed by atoms with E-state index in [0.717, 1.165) is 9.80 Å². The number of hydrogen-bond acceptors (Lipinski definition) is 12. The van der Waals surface area contributed by atoms with Gasteiger partial charge in [0.15, 0.2) is 0 Å². The quantitative estimate of drug-likeness (QED) is 0.0863. The molecule has 192 valence electrons. The van der Waals surface area contributed by atoms with E-state index in [1.54, 1.807) is 0 Å². The Bertz CT molecular complexity index is 498. The van der Waals surface area contributed by atoms with Gasteiger partial charge in [0.25, 0.3) is 0 Å². The molecule has 0 fully saturated rings. The number of nitrogens with zero attached hydrogens (tertiary/aromatic N) is 3. The summed E-state index contributed by atoms with van der Waals surface area (Å²) in [4.78, 5) is 57.6. The van der Waals surface area contributed by atoms with Gasteiger partial charge in [-0.2, -0.15) is 0 Å². The maximum Gasteiger partial charge on any atom is 4.00 e. The van der Waals surface area contributed by atoms with Gasteiger partial charge in [-0.1, -0.05) is 0 Å². The Morgan fingerprint density at radius 1 is 0.406 bits per heavy atom. The fourth-order valence-corrected chi connectivity index (χ4v) is 2.22. The molecule has 0 aromatic heterocycles. The second kappa shape index (κ2) is 23.4. The standard InChI is InChI=1S/C14H23N3O10.4H3N.Pt/c18-10(19)5-15(1-3-16(6-11(20)21)7-12(22)23)2-4-17(8-13(24)25)9-14(26)27;;;;;/h1-9H2,(H,18,19)(H,20,21)(H,22,23)(H,24,25)(H,26,27);4*1H3;/q;;;;;+4. The van der Waals surface area contributed by atoms with Crippen LogP contribution in [0, 0.1) is 0 Å². The molecule has 0 saturated heterocycles. The van der Waals surface area contributed by atoms with Crippen LogP contribution in [-0.4, -0.2) is 129 Å². The summed E-state index contributed by atoms with van der Waals surface area (Å²) in [6.07, 6.45) is 0. The van der Waals surface area contributed by atoms with Gasteiger partial charge >= 0.3 is 50.9 Å². The van der Waals surface area contributed by atoms with Crippen molar-refractivity contribution in [2.24, 2.45) is 0 Å². The molecule has 0 aromatic rings. The van der Waals surface area contributed by atoms with E-state index < -0.39 is 62.6 Å². The second-order valence-electron chi connectivity index (χ2n) is 5.67. The van der Waals surface area contributed by atoms with Crippen molar-refractivity contribution in [1.29, 1.82) is 0 Å². The molecule has 0 aromatic carbocycles. The normalized spacial score (nSPS) is 9.34. The number of rotatable bonds is 16. The fraction of sp³-hybridized carbons (Fsp3) is 0.643. The van der Waals surface area contributed by atoms with E-state index in [2.05, 4.69) is 0 Å². The molecule has 0 bridgehead atoms. The number of carbonyl (C=O) groups is 5. The third-order valence-corrected chi connectivity index (χ3v) is 3.26. The van der Waals surface area contributed by atoms with E-state index in [-0.39, 0.29) is 71.8 Å². The Morgan fingerprint density at radius 3 is 0.750 bits per heavy atom. The summed E-state index contributed by atoms with van der Waals surface area (Å²) in [5.74, 6) is -6.16. The largest absolute Gasteiger partial charge is 4.00 e. The summed E-state index contributed by atoms with van der Waals surface area (Å²) in [5, 5.41) is 44.1. The molecular formula is C14H35N7O10Pt+4. The maximum absolute atomic E-state index is 11.0. The molecule has 0 aliphatic carbocycles. The Hall–Kier alpha value is -2.24. The van der Waals surface area contributed by atoms with Gasteiger partial charge in [-0.25, -0.2) is 0 Å². The van der Waals surface area contributed by atoms with Crippen molar-refractivity contribution in [3.05, 3.63) is 0 Å². The number of hydrogen-bond donors (Lipinski definition) is 9. The van der Waals surface area contributed by atoms with Crippen LogP contribution in [0.2, 0.25) is 0 Å². The topological polar surface area (TPSA) is 336 Å². The summed E-state index contributed by atoms with van der Waals surface area (Å²) < 4.78 is 0. The van der Waals surface area contributed by atoms with Crippen LogP contribution in [0.3, 0.4) is 0 Å². The molecule has 17 nitrogen and oxygen atoms in total. The van der Waals surface area contributed by atoms with Crippen LogP contribution in [0.15, 0.2) is 0 Å². The Kier molecular flexibility index (Phi) is 31.9. The zero-order valence-corrected chi connectivity index (χ0v) is 19.9. The Labute approximate surface area is 198 Å². The molecule has 0 rings (SSSR count). The molecule has 0 spiro atoms. The van der Waals surface area contributed by atoms with Crippen molar-refractivity contribution in [1.82, 2.24) is 39.3 Å². The molecular weight excluding hydrogens is 621 g/mol. The van der Waals surface area contributed by atoms with Crippen LogP contribution in [0.5, 0.6) is 0 Å². The van der Waals surface area contributed by atoms with Gasteiger partial charge in [0, 0.05) is 26.2 Å². The molecule has 0 radical (unpaired) electrons. The minimum Gasteiger partial charge on any atom is -0.480 e. The summed E-state index contributed by atoms with van der Waals surface area (Å²) in [5.41, 5.74) is 0. The van der Waals surface area contributed by atoms with Gasteiger partial charge in [0.2, 0.25) is 0 Å². The first-order valence-electron chi connectivity index (χ1n) is 7.75. The predicted molar refractivity (Wildman–Crippen MR) is 108 cm³/mol. The van der Waals surface area contributed by atoms with E-state index in [0.29, 0.717) is 0 Å². The van der Waals surface area contributed by atoms with Gasteiger partial charge in [-0.05, 0) is 0 Å². The van der Waals surface area contributed by atoms with Crippen molar-refractivity contribution in [3.8, 4) is 0 Å². The van der Waals surface area contributed by atoms with Crippen molar-refractivity contribution in [3.63, 3.8) is 0 Å².